The van der Waals surface area contributed by atoms with Gasteiger partial charge in [0.25, 0.3) is 11.8 Å². The van der Waals surface area contributed by atoms with E-state index in [1.807, 2.05) is 18.2 Å². The van der Waals surface area contributed by atoms with Gasteiger partial charge in [-0.3, -0.25) is 9.59 Å². The van der Waals surface area contributed by atoms with Crippen molar-refractivity contribution in [2.75, 3.05) is 13.1 Å². The Labute approximate surface area is 144 Å². The zero-order chi connectivity index (χ0) is 17.8. The first-order chi connectivity index (χ1) is 12.0. The molecule has 1 aromatic carbocycles. The summed E-state index contributed by atoms with van der Waals surface area (Å²) in [7, 11) is 0. The van der Waals surface area contributed by atoms with Gasteiger partial charge in [-0.1, -0.05) is 18.2 Å². The quantitative estimate of drug-likeness (QED) is 0.885. The number of carboxylic acid groups (broad SMARTS) is 1. The van der Waals surface area contributed by atoms with Crippen LogP contribution in [0.25, 0.3) is 0 Å². The van der Waals surface area contributed by atoms with Crippen LogP contribution in [0.15, 0.2) is 47.1 Å². The number of aromatic carboxylic acids is 1. The van der Waals surface area contributed by atoms with Crippen molar-refractivity contribution >= 4 is 17.8 Å². The van der Waals surface area contributed by atoms with Crippen LogP contribution in [0.1, 0.15) is 44.1 Å². The first-order valence-corrected chi connectivity index (χ1v) is 8.01. The van der Waals surface area contributed by atoms with E-state index < -0.39 is 5.97 Å². The lowest BCUT2D eigenvalue weighted by Crippen LogP contribution is -2.46. The maximum Gasteiger partial charge on any atom is 0.338 e. The summed E-state index contributed by atoms with van der Waals surface area (Å²) < 4.78 is 5.05. The number of likely N-dealkylation sites (tertiary alicyclic amines) is 1. The number of carbonyl (C=O) groups is 3. The van der Waals surface area contributed by atoms with Crippen LogP contribution in [0.3, 0.4) is 0 Å². The second-order valence-electron chi connectivity index (χ2n) is 5.91. The number of rotatable bonds is 4. The van der Waals surface area contributed by atoms with E-state index in [9.17, 15) is 14.4 Å². The summed E-state index contributed by atoms with van der Waals surface area (Å²) in [4.78, 5) is 36.9. The van der Waals surface area contributed by atoms with Gasteiger partial charge in [-0.15, -0.1) is 0 Å². The predicted octanol–water partition coefficient (Wildman–Crippen LogP) is 2.01. The maximum atomic E-state index is 12.3. The number of carbonyl (C=O) groups excluding carboxylic acids is 2. The molecular weight excluding hydrogens is 324 g/mol. The Balaban J connectivity index is 1.53. The topological polar surface area (TPSA) is 99.8 Å². The molecular formula is C18H18N2O5. The van der Waals surface area contributed by atoms with Crippen molar-refractivity contribution in [3.8, 4) is 0 Å². The Bertz CT molecular complexity index is 776. The lowest BCUT2D eigenvalue weighted by molar-refractivity contribution is 0.0664. The molecule has 0 aliphatic carbocycles. The van der Waals surface area contributed by atoms with E-state index >= 15 is 0 Å². The number of piperidine rings is 1. The highest BCUT2D eigenvalue weighted by molar-refractivity contribution is 5.96. The molecule has 0 atom stereocenters. The average Bonchev–Trinajstić information content (AvgIpc) is 3.13. The van der Waals surface area contributed by atoms with E-state index in [4.69, 9.17) is 9.52 Å². The van der Waals surface area contributed by atoms with Crippen LogP contribution in [0.2, 0.25) is 0 Å². The van der Waals surface area contributed by atoms with Crippen LogP contribution in [0.5, 0.6) is 0 Å². The van der Waals surface area contributed by atoms with E-state index in [-0.39, 0.29) is 29.2 Å². The van der Waals surface area contributed by atoms with Gasteiger partial charge in [0.2, 0.25) is 0 Å². The molecule has 1 aromatic heterocycles. The molecule has 2 amide bonds. The molecule has 0 spiro atoms. The van der Waals surface area contributed by atoms with Gasteiger partial charge in [-0.2, -0.15) is 0 Å². The molecule has 1 saturated heterocycles. The third kappa shape index (κ3) is 3.88. The predicted molar refractivity (Wildman–Crippen MR) is 88.5 cm³/mol. The summed E-state index contributed by atoms with van der Waals surface area (Å²) in [6.07, 6.45) is 2.33. The molecule has 2 N–H and O–H groups in total. The van der Waals surface area contributed by atoms with E-state index in [0.717, 1.165) is 6.26 Å². The van der Waals surface area contributed by atoms with Crippen molar-refractivity contribution in [1.29, 1.82) is 0 Å². The van der Waals surface area contributed by atoms with E-state index in [1.54, 1.807) is 17.0 Å². The van der Waals surface area contributed by atoms with Crippen molar-refractivity contribution in [1.82, 2.24) is 10.2 Å². The molecule has 1 fully saturated rings. The van der Waals surface area contributed by atoms with Crippen molar-refractivity contribution in [2.45, 2.75) is 18.9 Å². The number of nitrogens with one attached hydrogen (secondary N) is 1. The van der Waals surface area contributed by atoms with Gasteiger partial charge in [0, 0.05) is 30.8 Å². The summed E-state index contributed by atoms with van der Waals surface area (Å²) in [6, 6.07) is 10.2. The number of amides is 2. The fourth-order valence-electron chi connectivity index (χ4n) is 2.80. The number of carboxylic acids is 1. The standard InChI is InChI=1S/C18H18N2O5/c21-16(12-4-2-1-3-5-12)19-14-6-8-20(9-7-14)17(22)15-10-13(11-25-15)18(23)24/h1-5,10-11,14H,6-9H2,(H,19,21)(H,23,24). The van der Waals surface area contributed by atoms with Crippen LogP contribution in [-0.4, -0.2) is 46.9 Å². The van der Waals surface area contributed by atoms with Crippen LogP contribution in [0.4, 0.5) is 0 Å². The van der Waals surface area contributed by atoms with E-state index in [0.29, 0.717) is 31.5 Å². The van der Waals surface area contributed by atoms with Gasteiger partial charge >= 0.3 is 5.97 Å². The SMILES string of the molecule is O=C(O)c1coc(C(=O)N2CCC(NC(=O)c3ccccc3)CC2)c1. The number of nitrogens with zero attached hydrogens (tertiary/aromatic N) is 1. The summed E-state index contributed by atoms with van der Waals surface area (Å²) in [5.74, 6) is -1.57. The molecule has 0 bridgehead atoms. The minimum absolute atomic E-state index is 0.00272. The second kappa shape index (κ2) is 7.21. The number of hydrogen-bond acceptors (Lipinski definition) is 4. The molecule has 0 unspecified atom stereocenters. The lowest BCUT2D eigenvalue weighted by Gasteiger charge is -2.31. The van der Waals surface area contributed by atoms with Gasteiger partial charge in [0.1, 0.15) is 6.26 Å². The molecule has 25 heavy (non-hydrogen) atoms. The number of furan rings is 1. The third-order valence-corrected chi connectivity index (χ3v) is 4.21. The molecule has 2 aromatic rings. The van der Waals surface area contributed by atoms with Gasteiger partial charge in [0.15, 0.2) is 5.76 Å². The molecule has 130 valence electrons. The van der Waals surface area contributed by atoms with Gasteiger partial charge in [-0.25, -0.2) is 4.79 Å². The van der Waals surface area contributed by atoms with Crippen molar-refractivity contribution in [2.24, 2.45) is 0 Å². The molecule has 7 nitrogen and oxygen atoms in total. The molecule has 3 rings (SSSR count). The third-order valence-electron chi connectivity index (χ3n) is 4.21. The van der Waals surface area contributed by atoms with Crippen molar-refractivity contribution < 1.29 is 23.9 Å². The molecule has 2 heterocycles. The fourth-order valence-corrected chi connectivity index (χ4v) is 2.80. The Morgan fingerprint density at radius 1 is 1.08 bits per heavy atom. The van der Waals surface area contributed by atoms with Gasteiger partial charge < -0.3 is 19.7 Å². The van der Waals surface area contributed by atoms with Crippen LogP contribution < -0.4 is 5.32 Å². The van der Waals surface area contributed by atoms with Crippen molar-refractivity contribution in [3.63, 3.8) is 0 Å². The first kappa shape index (κ1) is 16.8. The Morgan fingerprint density at radius 2 is 1.76 bits per heavy atom. The Hall–Kier alpha value is -3.09. The normalized spacial score (nSPS) is 15.0. The number of benzene rings is 1. The summed E-state index contributed by atoms with van der Waals surface area (Å²) >= 11 is 0. The second-order valence-corrected chi connectivity index (χ2v) is 5.91. The van der Waals surface area contributed by atoms with Crippen LogP contribution in [-0.2, 0) is 0 Å². The van der Waals surface area contributed by atoms with Crippen LogP contribution in [0, 0.1) is 0 Å². The monoisotopic (exact) mass is 342 g/mol. The summed E-state index contributed by atoms with van der Waals surface area (Å²) in [5, 5.41) is 11.9. The molecule has 7 heteroatoms. The van der Waals surface area contributed by atoms with Crippen LogP contribution >= 0.6 is 0 Å². The molecule has 0 radical (unpaired) electrons. The summed E-state index contributed by atoms with van der Waals surface area (Å²) in [5.41, 5.74) is 0.561. The molecule has 0 saturated carbocycles. The minimum atomic E-state index is -1.13. The zero-order valence-electron chi connectivity index (χ0n) is 13.5. The highest BCUT2D eigenvalue weighted by Crippen LogP contribution is 2.16. The summed E-state index contributed by atoms with van der Waals surface area (Å²) in [6.45, 7) is 0.948. The highest BCUT2D eigenvalue weighted by Gasteiger charge is 2.27. The molecule has 1 aliphatic heterocycles. The Kier molecular flexibility index (Phi) is 4.83. The van der Waals surface area contributed by atoms with E-state index in [1.165, 1.54) is 6.07 Å². The zero-order valence-corrected chi connectivity index (χ0v) is 13.5. The lowest BCUT2D eigenvalue weighted by atomic mass is 10.0. The van der Waals surface area contributed by atoms with Crippen molar-refractivity contribution in [3.05, 3.63) is 59.5 Å². The Morgan fingerprint density at radius 3 is 2.36 bits per heavy atom. The van der Waals surface area contributed by atoms with Gasteiger partial charge in [0.05, 0.1) is 5.56 Å². The minimum Gasteiger partial charge on any atom is -0.478 e. The molecule has 1 aliphatic rings. The average molecular weight is 342 g/mol. The number of hydrogen-bond donors (Lipinski definition) is 2. The van der Waals surface area contributed by atoms with Gasteiger partial charge in [-0.05, 0) is 25.0 Å². The largest absolute Gasteiger partial charge is 0.478 e. The van der Waals surface area contributed by atoms with E-state index in [2.05, 4.69) is 5.32 Å². The highest BCUT2D eigenvalue weighted by atomic mass is 16.4. The fraction of sp³-hybridized carbons (Fsp3) is 0.278. The maximum absolute atomic E-state index is 12.3. The first-order valence-electron chi connectivity index (χ1n) is 8.01. The smallest absolute Gasteiger partial charge is 0.338 e.